The van der Waals surface area contributed by atoms with E-state index in [0.29, 0.717) is 24.8 Å². The maximum Gasteiger partial charge on any atom is 0.244 e. The van der Waals surface area contributed by atoms with Crippen molar-refractivity contribution in [3.8, 4) is 0 Å². The van der Waals surface area contributed by atoms with Crippen LogP contribution in [0.25, 0.3) is 0 Å². The molecular formula is C19H25N3O2S. The van der Waals surface area contributed by atoms with Crippen LogP contribution in [0.1, 0.15) is 37.7 Å². The summed E-state index contributed by atoms with van der Waals surface area (Å²) in [6.07, 6.45) is 4.35. The second-order valence-electron chi connectivity index (χ2n) is 6.39. The highest BCUT2D eigenvalue weighted by atomic mass is 32.2. The van der Waals surface area contributed by atoms with Crippen molar-refractivity contribution in [1.82, 2.24) is 9.29 Å². The highest BCUT2D eigenvalue weighted by Crippen LogP contribution is 2.22. The van der Waals surface area contributed by atoms with E-state index in [0.717, 1.165) is 25.8 Å². The molecule has 3 rings (SSSR count). The Labute approximate surface area is 150 Å². The third-order valence-electron chi connectivity index (χ3n) is 4.73. The molecule has 0 saturated carbocycles. The van der Waals surface area contributed by atoms with Crippen molar-refractivity contribution >= 4 is 15.8 Å². The van der Waals surface area contributed by atoms with Crippen LogP contribution in [0.5, 0.6) is 0 Å². The molecule has 6 heteroatoms. The summed E-state index contributed by atoms with van der Waals surface area (Å²) in [6, 6.07) is 13.8. The number of nitrogens with one attached hydrogen (secondary N) is 1. The second kappa shape index (κ2) is 7.97. The fourth-order valence-corrected chi connectivity index (χ4v) is 4.63. The number of sulfonamides is 1. The Morgan fingerprint density at radius 1 is 1.12 bits per heavy atom. The summed E-state index contributed by atoms with van der Waals surface area (Å²) in [7, 11) is -3.39. The maximum absolute atomic E-state index is 12.5. The molecule has 1 aromatic carbocycles. The molecule has 0 amide bonds. The average Bonchev–Trinajstić information content (AvgIpc) is 3.19. The molecule has 1 aliphatic rings. The van der Waals surface area contributed by atoms with Crippen LogP contribution in [0.15, 0.2) is 53.6 Å². The first-order chi connectivity index (χ1) is 12.1. The fraction of sp³-hybridized carbons (Fsp3) is 0.421. The molecule has 2 aromatic rings. The zero-order valence-corrected chi connectivity index (χ0v) is 15.4. The Hall–Kier alpha value is -1.92. The van der Waals surface area contributed by atoms with Crippen LogP contribution in [0.2, 0.25) is 0 Å². The van der Waals surface area contributed by atoms with E-state index in [-0.39, 0.29) is 4.90 Å². The lowest BCUT2D eigenvalue weighted by atomic mass is 9.96. The molecular weight excluding hydrogens is 334 g/mol. The summed E-state index contributed by atoms with van der Waals surface area (Å²) >= 11 is 0. The zero-order chi connectivity index (χ0) is 17.7. The summed E-state index contributed by atoms with van der Waals surface area (Å²) in [4.78, 5) is 4.57. The molecule has 0 aliphatic carbocycles. The van der Waals surface area contributed by atoms with Crippen molar-refractivity contribution in [1.29, 1.82) is 0 Å². The van der Waals surface area contributed by atoms with Crippen molar-refractivity contribution in [2.45, 2.75) is 37.0 Å². The number of aromatic nitrogens is 1. The van der Waals surface area contributed by atoms with Crippen LogP contribution in [0.3, 0.4) is 0 Å². The zero-order valence-electron chi connectivity index (χ0n) is 14.6. The molecule has 0 radical (unpaired) electrons. The van der Waals surface area contributed by atoms with Gasteiger partial charge >= 0.3 is 0 Å². The molecule has 2 heterocycles. The molecule has 1 aliphatic heterocycles. The van der Waals surface area contributed by atoms with Gasteiger partial charge in [0.15, 0.2) is 0 Å². The lowest BCUT2D eigenvalue weighted by Crippen LogP contribution is -2.28. The molecule has 1 fully saturated rings. The number of benzene rings is 1. The molecule has 0 spiro atoms. The topological polar surface area (TPSA) is 62.3 Å². The third kappa shape index (κ3) is 4.19. The molecule has 1 unspecified atom stereocenters. The van der Waals surface area contributed by atoms with Gasteiger partial charge in [0.25, 0.3) is 0 Å². The van der Waals surface area contributed by atoms with Gasteiger partial charge in [-0.25, -0.2) is 13.4 Å². The summed E-state index contributed by atoms with van der Waals surface area (Å²) in [5.74, 6) is 1.10. The van der Waals surface area contributed by atoms with Crippen LogP contribution >= 0.6 is 0 Å². The normalized spacial score (nSPS) is 16.7. The molecule has 134 valence electrons. The van der Waals surface area contributed by atoms with Gasteiger partial charge < -0.3 is 5.32 Å². The summed E-state index contributed by atoms with van der Waals surface area (Å²) in [6.45, 7) is 4.15. The van der Waals surface area contributed by atoms with Gasteiger partial charge in [0, 0.05) is 31.7 Å². The van der Waals surface area contributed by atoms with Gasteiger partial charge in [-0.05, 0) is 37.0 Å². The van der Waals surface area contributed by atoms with E-state index in [2.05, 4.69) is 29.4 Å². The van der Waals surface area contributed by atoms with Crippen LogP contribution in [0.4, 0.5) is 5.82 Å². The first-order valence-electron chi connectivity index (χ1n) is 8.86. The van der Waals surface area contributed by atoms with Crippen LogP contribution in [-0.2, 0) is 10.0 Å². The molecule has 1 N–H and O–H groups in total. The lowest BCUT2D eigenvalue weighted by Gasteiger charge is -2.17. The predicted octanol–water partition coefficient (Wildman–Crippen LogP) is 3.47. The summed E-state index contributed by atoms with van der Waals surface area (Å²) in [5.41, 5.74) is 1.30. The van der Waals surface area contributed by atoms with E-state index >= 15 is 0 Å². The second-order valence-corrected chi connectivity index (χ2v) is 8.33. The van der Waals surface area contributed by atoms with Gasteiger partial charge in [-0.1, -0.05) is 37.3 Å². The Kier molecular flexibility index (Phi) is 5.71. The van der Waals surface area contributed by atoms with Crippen LogP contribution in [0, 0.1) is 0 Å². The average molecular weight is 359 g/mol. The van der Waals surface area contributed by atoms with Crippen LogP contribution < -0.4 is 5.32 Å². The molecule has 0 bridgehead atoms. The minimum atomic E-state index is -3.39. The van der Waals surface area contributed by atoms with Gasteiger partial charge in [0.05, 0.1) is 0 Å². The SMILES string of the molecule is CCC(CNc1ccc(S(=O)(=O)N2CCCC2)cn1)c1ccccc1. The van der Waals surface area contributed by atoms with Gasteiger partial charge in [-0.2, -0.15) is 4.31 Å². The standard InChI is InChI=1S/C19H25N3O2S/c1-2-16(17-8-4-3-5-9-17)14-20-19-11-10-18(15-21-19)25(23,24)22-12-6-7-13-22/h3-5,8-11,15-16H,2,6-7,12-14H2,1H3,(H,20,21). The first-order valence-corrected chi connectivity index (χ1v) is 10.3. The highest BCUT2D eigenvalue weighted by Gasteiger charge is 2.27. The quantitative estimate of drug-likeness (QED) is 0.822. The smallest absolute Gasteiger partial charge is 0.244 e. The molecule has 1 aromatic heterocycles. The van der Waals surface area contributed by atoms with Gasteiger partial charge in [-0.15, -0.1) is 0 Å². The number of anilines is 1. The Morgan fingerprint density at radius 3 is 2.44 bits per heavy atom. The largest absolute Gasteiger partial charge is 0.369 e. The predicted molar refractivity (Wildman–Crippen MR) is 100 cm³/mol. The number of pyridine rings is 1. The molecule has 25 heavy (non-hydrogen) atoms. The lowest BCUT2D eigenvalue weighted by molar-refractivity contribution is 0.477. The van der Waals surface area contributed by atoms with Gasteiger partial charge in [0.1, 0.15) is 10.7 Å². The number of nitrogens with zero attached hydrogens (tertiary/aromatic N) is 2. The van der Waals surface area contributed by atoms with E-state index in [9.17, 15) is 8.42 Å². The first kappa shape index (κ1) is 17.9. The molecule has 5 nitrogen and oxygen atoms in total. The summed E-state index contributed by atoms with van der Waals surface area (Å²) < 4.78 is 26.6. The monoisotopic (exact) mass is 359 g/mol. The minimum Gasteiger partial charge on any atom is -0.369 e. The highest BCUT2D eigenvalue weighted by molar-refractivity contribution is 7.89. The van der Waals surface area contributed by atoms with Gasteiger partial charge in [-0.3, -0.25) is 0 Å². The van der Waals surface area contributed by atoms with Crippen molar-refractivity contribution in [3.05, 3.63) is 54.2 Å². The Bertz CT molecular complexity index is 770. The Balaban J connectivity index is 1.64. The van der Waals surface area contributed by atoms with Crippen molar-refractivity contribution in [3.63, 3.8) is 0 Å². The summed E-state index contributed by atoms with van der Waals surface area (Å²) in [5, 5.41) is 3.32. The number of rotatable bonds is 7. The van der Waals surface area contributed by atoms with Crippen LogP contribution in [-0.4, -0.2) is 37.3 Å². The van der Waals surface area contributed by atoms with E-state index in [1.807, 2.05) is 18.2 Å². The molecule has 1 atom stereocenters. The van der Waals surface area contributed by atoms with Crippen molar-refractivity contribution in [2.75, 3.05) is 25.0 Å². The fourth-order valence-electron chi connectivity index (χ4n) is 3.17. The number of hydrogen-bond acceptors (Lipinski definition) is 4. The third-order valence-corrected chi connectivity index (χ3v) is 6.61. The van der Waals surface area contributed by atoms with Gasteiger partial charge in [0.2, 0.25) is 10.0 Å². The van der Waals surface area contributed by atoms with E-state index < -0.39 is 10.0 Å². The molecule has 1 saturated heterocycles. The minimum absolute atomic E-state index is 0.273. The van der Waals surface area contributed by atoms with E-state index in [1.165, 1.54) is 11.8 Å². The van der Waals surface area contributed by atoms with E-state index in [4.69, 9.17) is 0 Å². The van der Waals surface area contributed by atoms with E-state index in [1.54, 1.807) is 16.4 Å². The van der Waals surface area contributed by atoms with Crippen molar-refractivity contribution < 1.29 is 8.42 Å². The Morgan fingerprint density at radius 2 is 1.84 bits per heavy atom. The number of hydrogen-bond donors (Lipinski definition) is 1. The van der Waals surface area contributed by atoms with Crippen molar-refractivity contribution in [2.24, 2.45) is 0 Å². The maximum atomic E-state index is 12.5.